The highest BCUT2D eigenvalue weighted by atomic mass is 35.5. The van der Waals surface area contributed by atoms with Gasteiger partial charge in [0.05, 0.1) is 42.2 Å². The number of rotatable bonds is 8. The van der Waals surface area contributed by atoms with Gasteiger partial charge in [0.15, 0.2) is 21.9 Å². The average molecular weight is 1400 g/mol. The molecule has 4 saturated heterocycles. The number of nitrogens with zero attached hydrogens (tertiary/aromatic N) is 4. The second kappa shape index (κ2) is 26.6. The first-order valence-corrected chi connectivity index (χ1v) is 34.1. The van der Waals surface area contributed by atoms with Crippen molar-refractivity contribution in [2.75, 3.05) is 50.0 Å². The van der Waals surface area contributed by atoms with E-state index in [-0.39, 0.29) is 118 Å². The van der Waals surface area contributed by atoms with Gasteiger partial charge in [-0.3, -0.25) is 28.8 Å². The van der Waals surface area contributed by atoms with Crippen LogP contribution in [0, 0.1) is 51.0 Å². The molecule has 94 heavy (non-hydrogen) atoms. The highest BCUT2D eigenvalue weighted by molar-refractivity contribution is 6.32. The number of ketones is 1. The maximum absolute atomic E-state index is 16.1. The number of hydrogen-bond acceptors (Lipinski definition) is 13. The van der Waals surface area contributed by atoms with Crippen LogP contribution in [-0.2, 0) is 49.1 Å². The molecule has 4 saturated carbocycles. The first-order chi connectivity index (χ1) is 44.0. The maximum Gasteiger partial charge on any atom is 0.307 e. The van der Waals surface area contributed by atoms with Crippen molar-refractivity contribution in [1.29, 1.82) is 0 Å². The van der Waals surface area contributed by atoms with Crippen molar-refractivity contribution < 1.29 is 62.3 Å². The Morgan fingerprint density at radius 2 is 1.03 bits per heavy atom. The number of ether oxygens (including phenoxy) is 2. The zero-order valence-corrected chi connectivity index (χ0v) is 56.9. The summed E-state index contributed by atoms with van der Waals surface area (Å²) in [6.07, 6.45) is 10.9. The number of Topliss-reactive ketones (excluding diaryl/α,β-unsaturated/α-hetero) is 1. The molecule has 10 atom stereocenters. The monoisotopic (exact) mass is 1400 g/mol. The van der Waals surface area contributed by atoms with Crippen LogP contribution < -0.4 is 16.4 Å². The molecular weight excluding hydrogens is 1320 g/mol. The lowest BCUT2D eigenvalue weighted by Gasteiger charge is -2.51. The van der Waals surface area contributed by atoms with E-state index in [4.69, 9.17) is 66.7 Å². The van der Waals surface area contributed by atoms with E-state index in [1.165, 1.54) is 18.5 Å². The summed E-state index contributed by atoms with van der Waals surface area (Å²) in [5.74, 6) is -6.61. The number of nitrogens with two attached hydrogens (primary N) is 1. The Labute approximate surface area is 571 Å². The third kappa shape index (κ3) is 12.2. The van der Waals surface area contributed by atoms with Gasteiger partial charge in [0.1, 0.15) is 18.0 Å². The van der Waals surface area contributed by atoms with Crippen LogP contribution in [0.5, 0.6) is 0 Å². The molecule has 4 spiro atoms. The molecule has 14 rings (SSSR count). The minimum Gasteiger partial charge on any atom is -0.481 e. The molecule has 18 nitrogen and oxygen atoms in total. The van der Waals surface area contributed by atoms with E-state index in [1.54, 1.807) is 46.2 Å². The molecule has 1 unspecified atom stereocenters. The molecule has 4 amide bonds. The summed E-state index contributed by atoms with van der Waals surface area (Å²) in [7, 11) is 0. The standard InChI is InChI=1S/C35H40Cl2FN3O5.C25H25Cl2FN2O3.C9H16N2O3.ClH/c1-33(2)8-10-34(11-9-33)15-23(26(43)13-19-3-6-27(46-18-19)31(44)41-16-21(42)17-41)28(22-7-12-39-30(37)29(22)38)35(34)24-5-4-20(36)14-25(24)40-32(35)45;1-23(2)6-8-24(9-7-23)12-15(21(31)32)18(14-5-10-29-20(27)19(14)28)25(24)16-4-3-13(26)11-17(16)30-22(25)33;10-6-1-2-8(14-5-6)9(13)11-3-7(12)4-11;/h4-5,7,12,14,19,21,23,27-28,42H,3,6,8-11,13,15-18H2,1-2H3,(H,40,45);3-5,10-11,15,18H,6-9,12H2,1-2H3,(H,30,33)(H,31,32);6-8,12H,1-5,10H2;1H/t19-,23-,27-,28-,35+;15-,18+,25?;6-,8+;/m011./s1. The van der Waals surface area contributed by atoms with Crippen molar-refractivity contribution in [1.82, 2.24) is 19.8 Å². The third-order valence-corrected chi connectivity index (χ3v) is 24.0. The molecule has 4 aromatic rings. The predicted octanol–water partition coefficient (Wildman–Crippen LogP) is 11.4. The molecule has 6 aliphatic heterocycles. The second-order valence-electron chi connectivity index (χ2n) is 29.6. The number of hydrogen-bond donors (Lipinski definition) is 6. The van der Waals surface area contributed by atoms with Crippen LogP contribution in [0.15, 0.2) is 60.9 Å². The van der Waals surface area contributed by atoms with Crippen molar-refractivity contribution in [3.63, 3.8) is 0 Å². The lowest BCUT2D eigenvalue weighted by Crippen LogP contribution is -2.57. The molecule has 2 aromatic heterocycles. The zero-order valence-electron chi connectivity index (χ0n) is 53.0. The number of aliphatic carboxylic acids is 1. The zero-order chi connectivity index (χ0) is 66.5. The number of carboxylic acid groups (broad SMARTS) is 1. The van der Waals surface area contributed by atoms with Crippen LogP contribution in [0.3, 0.4) is 0 Å². The van der Waals surface area contributed by atoms with Crippen LogP contribution in [0.1, 0.15) is 158 Å². The van der Waals surface area contributed by atoms with Gasteiger partial charge >= 0.3 is 5.97 Å². The molecule has 4 aliphatic carbocycles. The van der Waals surface area contributed by atoms with E-state index >= 15 is 8.78 Å². The highest BCUT2D eigenvalue weighted by Gasteiger charge is 2.74. The summed E-state index contributed by atoms with van der Waals surface area (Å²) in [5.41, 5.74) is 5.10. The summed E-state index contributed by atoms with van der Waals surface area (Å²) >= 11 is 24.9. The molecule has 8 heterocycles. The summed E-state index contributed by atoms with van der Waals surface area (Å²) in [4.78, 5) is 91.3. The second-order valence-corrected chi connectivity index (χ2v) is 31.2. The number of benzene rings is 2. The molecule has 0 bridgehead atoms. The number of carboxylic acids is 1. The Morgan fingerprint density at radius 1 is 0.617 bits per heavy atom. The molecule has 0 radical (unpaired) electrons. The Morgan fingerprint density at radius 3 is 1.43 bits per heavy atom. The van der Waals surface area contributed by atoms with E-state index in [2.05, 4.69) is 48.3 Å². The topological polar surface area (TPSA) is 264 Å². The normalized spacial score (nSPS) is 30.8. The number of aliphatic hydroxyl groups is 2. The largest absolute Gasteiger partial charge is 0.481 e. The Hall–Kier alpha value is -5.13. The van der Waals surface area contributed by atoms with E-state index in [1.807, 2.05) is 6.07 Å². The van der Waals surface area contributed by atoms with Crippen molar-refractivity contribution >= 4 is 106 Å². The summed E-state index contributed by atoms with van der Waals surface area (Å²) in [6.45, 7) is 11.1. The van der Waals surface area contributed by atoms with Crippen LogP contribution >= 0.6 is 58.8 Å². The quantitative estimate of drug-likeness (QED) is 0.0897. The van der Waals surface area contributed by atoms with Crippen molar-refractivity contribution in [3.05, 3.63) is 115 Å². The number of nitrogens with one attached hydrogen (secondary N) is 2. The first-order valence-electron chi connectivity index (χ1n) is 32.5. The number of aromatic nitrogens is 2. The van der Waals surface area contributed by atoms with Gasteiger partial charge in [-0.25, -0.2) is 18.7 Å². The molecule has 7 N–H and O–H groups in total. The summed E-state index contributed by atoms with van der Waals surface area (Å²) in [6, 6.07) is 13.7. The Bertz CT molecular complexity index is 3610. The number of fused-ring (bicyclic) bond motifs is 6. The Kier molecular flexibility index (Phi) is 19.9. The molecular formula is C69H82Cl5F2N7O11. The van der Waals surface area contributed by atoms with E-state index < -0.39 is 75.1 Å². The number of likely N-dealkylation sites (tertiary alicyclic amines) is 2. The number of amides is 4. The van der Waals surface area contributed by atoms with Gasteiger partial charge in [-0.1, -0.05) is 86.2 Å². The number of β-amino-alcohol motifs (C(OH)–C–C–N with tert-alkyl or cyclic N) is 2. The minimum atomic E-state index is -1.25. The van der Waals surface area contributed by atoms with Crippen LogP contribution in [0.25, 0.3) is 0 Å². The van der Waals surface area contributed by atoms with Gasteiger partial charge in [0.25, 0.3) is 11.8 Å². The van der Waals surface area contributed by atoms with Gasteiger partial charge < -0.3 is 51.0 Å². The first kappa shape index (κ1) is 70.2. The number of carbonyl (C=O) groups excluding carboxylic acids is 5. The van der Waals surface area contributed by atoms with Crippen molar-refractivity contribution in [2.24, 2.45) is 45.1 Å². The lowest BCUT2D eigenvalue weighted by molar-refractivity contribution is -0.158. The fourth-order valence-electron chi connectivity index (χ4n) is 18.0. The average Bonchev–Trinajstić information content (AvgIpc) is 1.51. The van der Waals surface area contributed by atoms with Crippen molar-refractivity contribution in [2.45, 2.75) is 177 Å². The maximum atomic E-state index is 16.1. The molecule has 8 fully saturated rings. The number of pyridine rings is 2. The predicted molar refractivity (Wildman–Crippen MR) is 352 cm³/mol. The van der Waals surface area contributed by atoms with Crippen molar-refractivity contribution in [3.8, 4) is 0 Å². The molecule has 508 valence electrons. The fraction of sp³-hybridized carbons (Fsp3) is 0.594. The van der Waals surface area contributed by atoms with E-state index in [0.29, 0.717) is 98.3 Å². The van der Waals surface area contributed by atoms with Crippen LogP contribution in [0.2, 0.25) is 20.4 Å². The molecule has 10 aliphatic rings. The number of carbonyl (C=O) groups is 6. The third-order valence-electron chi connectivity index (χ3n) is 23.0. The lowest BCUT2D eigenvalue weighted by atomic mass is 9.51. The SMILES string of the molecule is CC1(C)CCC2(CC1)C[C@@H](C(=O)C[C@@H]1CC[C@@H](C(=O)N3CC(O)C3)OC1)[C@H](c1ccnc(Cl)c1F)[C@]21C(=O)Nc2cc(Cl)ccc21.CC1(C)CCC2(CC1)C[C@@H](C(=O)O)[C@H](c1ccnc(Cl)c1F)C21C(=O)Nc2cc(Cl)ccc21.Cl.N[C@@H]1CC[C@@H](C(=O)N2CC(O)C2)OC1. The van der Waals surface area contributed by atoms with Crippen LogP contribution in [-0.4, -0.2) is 140 Å². The summed E-state index contributed by atoms with van der Waals surface area (Å²) < 4.78 is 42.9. The van der Waals surface area contributed by atoms with Gasteiger partial charge in [0, 0.05) is 90.2 Å². The Balaban J connectivity index is 0.000000163. The molecule has 25 heteroatoms. The fourth-order valence-corrected chi connectivity index (χ4v) is 18.6. The van der Waals surface area contributed by atoms with Gasteiger partial charge in [-0.05, 0) is 176 Å². The minimum absolute atomic E-state index is 0. The number of anilines is 2. The smallest absolute Gasteiger partial charge is 0.307 e. The summed E-state index contributed by atoms with van der Waals surface area (Å²) in [5, 5.41) is 35.4. The van der Waals surface area contributed by atoms with E-state index in [0.717, 1.165) is 50.5 Å². The number of halogens is 7. The molecule has 2 aromatic carbocycles. The number of aliphatic hydroxyl groups excluding tert-OH is 2. The van der Waals surface area contributed by atoms with Gasteiger partial charge in [-0.15, -0.1) is 12.4 Å². The van der Waals surface area contributed by atoms with Gasteiger partial charge in [-0.2, -0.15) is 0 Å². The van der Waals surface area contributed by atoms with Gasteiger partial charge in [0.2, 0.25) is 11.8 Å². The van der Waals surface area contributed by atoms with E-state index in [9.17, 15) is 39.0 Å². The highest BCUT2D eigenvalue weighted by Crippen LogP contribution is 2.74. The van der Waals surface area contributed by atoms with Crippen LogP contribution in [0.4, 0.5) is 20.2 Å².